The van der Waals surface area contributed by atoms with E-state index >= 15 is 0 Å². The molecular weight excluding hydrogens is 269 g/mol. The number of rotatable bonds is 4. The summed E-state index contributed by atoms with van der Waals surface area (Å²) in [5.74, 6) is -0.717. The van der Waals surface area contributed by atoms with Gasteiger partial charge in [-0.05, 0) is 45.4 Å². The number of benzene rings is 1. The maximum absolute atomic E-state index is 12.9. The van der Waals surface area contributed by atoms with Crippen molar-refractivity contribution >= 4 is 17.6 Å². The van der Waals surface area contributed by atoms with Crippen molar-refractivity contribution in [1.82, 2.24) is 5.32 Å². The van der Waals surface area contributed by atoms with Gasteiger partial charge in [0.05, 0.1) is 6.54 Å². The smallest absolute Gasteiger partial charge is 0.320 e. The van der Waals surface area contributed by atoms with Gasteiger partial charge in [-0.15, -0.1) is 0 Å². The lowest BCUT2D eigenvalue weighted by Crippen LogP contribution is -2.32. The molecule has 3 nitrogen and oxygen atoms in total. The molecule has 106 valence electrons. The minimum atomic E-state index is -0.504. The first-order valence-electron chi connectivity index (χ1n) is 6.09. The summed E-state index contributed by atoms with van der Waals surface area (Å²) in [6.45, 7) is 7.36. The zero-order valence-electron chi connectivity index (χ0n) is 11.6. The van der Waals surface area contributed by atoms with Crippen LogP contribution in [0.5, 0.6) is 0 Å². The lowest BCUT2D eigenvalue weighted by atomic mass is 10.1. The molecular formula is C14H19ClFNO2. The molecule has 0 bridgehead atoms. The Labute approximate surface area is 118 Å². The van der Waals surface area contributed by atoms with Crippen molar-refractivity contribution in [3.8, 4) is 0 Å². The van der Waals surface area contributed by atoms with Crippen LogP contribution >= 0.6 is 11.6 Å². The van der Waals surface area contributed by atoms with Crippen LogP contribution in [0.15, 0.2) is 18.2 Å². The minimum absolute atomic E-state index is 0.0755. The molecule has 0 aliphatic carbocycles. The highest BCUT2D eigenvalue weighted by Crippen LogP contribution is 2.23. The fourth-order valence-corrected chi connectivity index (χ4v) is 1.91. The summed E-state index contributed by atoms with van der Waals surface area (Å²) in [7, 11) is 0. The van der Waals surface area contributed by atoms with Gasteiger partial charge in [-0.25, -0.2) is 4.39 Å². The maximum Gasteiger partial charge on any atom is 0.320 e. The number of hydrogen-bond acceptors (Lipinski definition) is 3. The molecule has 1 unspecified atom stereocenters. The quantitative estimate of drug-likeness (QED) is 0.862. The van der Waals surface area contributed by atoms with Gasteiger partial charge in [0.15, 0.2) is 0 Å². The lowest BCUT2D eigenvalue weighted by Gasteiger charge is -2.21. The molecule has 0 saturated heterocycles. The van der Waals surface area contributed by atoms with Crippen LogP contribution in [-0.2, 0) is 9.53 Å². The average Bonchev–Trinajstić information content (AvgIpc) is 2.23. The Hall–Kier alpha value is -1.13. The highest BCUT2D eigenvalue weighted by molar-refractivity contribution is 6.31. The number of ether oxygens (including phenoxy) is 1. The van der Waals surface area contributed by atoms with Gasteiger partial charge in [0, 0.05) is 11.1 Å². The number of esters is 1. The van der Waals surface area contributed by atoms with E-state index in [2.05, 4.69) is 5.32 Å². The minimum Gasteiger partial charge on any atom is -0.459 e. The number of hydrogen-bond donors (Lipinski definition) is 1. The van der Waals surface area contributed by atoms with Crippen LogP contribution in [0.1, 0.15) is 39.3 Å². The largest absolute Gasteiger partial charge is 0.459 e. The Balaban J connectivity index is 2.56. The van der Waals surface area contributed by atoms with Crippen molar-refractivity contribution in [2.75, 3.05) is 6.54 Å². The Kier molecular flexibility index (Phi) is 5.32. The summed E-state index contributed by atoms with van der Waals surface area (Å²) < 4.78 is 18.1. The number of nitrogens with one attached hydrogen (secondary N) is 1. The van der Waals surface area contributed by atoms with Crippen molar-refractivity contribution in [3.05, 3.63) is 34.6 Å². The Bertz CT molecular complexity index is 457. The molecule has 0 aromatic heterocycles. The predicted octanol–water partition coefficient (Wildman–Crippen LogP) is 3.47. The summed E-state index contributed by atoms with van der Waals surface area (Å²) in [4.78, 5) is 11.6. The van der Waals surface area contributed by atoms with Gasteiger partial charge < -0.3 is 10.1 Å². The first-order valence-corrected chi connectivity index (χ1v) is 6.47. The van der Waals surface area contributed by atoms with E-state index in [1.807, 2.05) is 27.7 Å². The molecule has 0 radical (unpaired) electrons. The molecule has 1 atom stereocenters. The highest BCUT2D eigenvalue weighted by Gasteiger charge is 2.17. The van der Waals surface area contributed by atoms with Crippen LogP contribution in [0.25, 0.3) is 0 Å². The van der Waals surface area contributed by atoms with Gasteiger partial charge in [-0.3, -0.25) is 4.79 Å². The Morgan fingerprint density at radius 1 is 1.47 bits per heavy atom. The van der Waals surface area contributed by atoms with E-state index in [-0.39, 0.29) is 24.4 Å². The summed E-state index contributed by atoms with van der Waals surface area (Å²) in [6, 6.07) is 4.03. The fourth-order valence-electron chi connectivity index (χ4n) is 1.58. The normalized spacial score (nSPS) is 13.2. The molecule has 1 aromatic rings. The lowest BCUT2D eigenvalue weighted by molar-refractivity contribution is -0.153. The summed E-state index contributed by atoms with van der Waals surface area (Å²) in [5, 5.41) is 3.34. The molecule has 0 fully saturated rings. The molecule has 1 aromatic carbocycles. The first kappa shape index (κ1) is 15.9. The van der Waals surface area contributed by atoms with Crippen LogP contribution < -0.4 is 5.32 Å². The van der Waals surface area contributed by atoms with Gasteiger partial charge in [0.1, 0.15) is 11.4 Å². The van der Waals surface area contributed by atoms with E-state index in [0.717, 1.165) is 5.56 Å². The molecule has 0 spiro atoms. The number of halogens is 2. The van der Waals surface area contributed by atoms with Crippen LogP contribution in [0.2, 0.25) is 5.02 Å². The molecule has 5 heteroatoms. The van der Waals surface area contributed by atoms with E-state index in [0.29, 0.717) is 5.02 Å². The van der Waals surface area contributed by atoms with Crippen molar-refractivity contribution in [1.29, 1.82) is 0 Å². The monoisotopic (exact) mass is 287 g/mol. The summed E-state index contributed by atoms with van der Waals surface area (Å²) in [5.41, 5.74) is 0.238. The standard InChI is InChI=1S/C14H19ClFNO2/c1-9(11-6-5-10(16)7-12(11)15)17-8-13(18)19-14(2,3)4/h5-7,9,17H,8H2,1-4H3. The van der Waals surface area contributed by atoms with Gasteiger partial charge in [-0.2, -0.15) is 0 Å². The predicted molar refractivity (Wildman–Crippen MR) is 73.7 cm³/mol. The molecule has 0 saturated carbocycles. The fraction of sp³-hybridized carbons (Fsp3) is 0.500. The highest BCUT2D eigenvalue weighted by atomic mass is 35.5. The average molecular weight is 288 g/mol. The Morgan fingerprint density at radius 2 is 2.11 bits per heavy atom. The number of carbonyl (C=O) groups excluding carboxylic acids is 1. The maximum atomic E-state index is 12.9. The molecule has 0 aliphatic heterocycles. The van der Waals surface area contributed by atoms with Crippen LogP contribution in [0.4, 0.5) is 4.39 Å². The van der Waals surface area contributed by atoms with Gasteiger partial charge in [-0.1, -0.05) is 17.7 Å². The van der Waals surface area contributed by atoms with Gasteiger partial charge in [0.25, 0.3) is 0 Å². The molecule has 19 heavy (non-hydrogen) atoms. The topological polar surface area (TPSA) is 38.3 Å². The van der Waals surface area contributed by atoms with Crippen molar-refractivity contribution < 1.29 is 13.9 Å². The van der Waals surface area contributed by atoms with E-state index in [9.17, 15) is 9.18 Å². The van der Waals surface area contributed by atoms with E-state index in [1.54, 1.807) is 6.07 Å². The SMILES string of the molecule is CC(NCC(=O)OC(C)(C)C)c1ccc(F)cc1Cl. The summed E-state index contributed by atoms with van der Waals surface area (Å²) >= 11 is 5.95. The zero-order chi connectivity index (χ0) is 14.6. The second kappa shape index (κ2) is 6.35. The molecule has 0 aliphatic rings. The van der Waals surface area contributed by atoms with Crippen molar-refractivity contribution in [3.63, 3.8) is 0 Å². The van der Waals surface area contributed by atoms with E-state index < -0.39 is 5.60 Å². The summed E-state index contributed by atoms with van der Waals surface area (Å²) in [6.07, 6.45) is 0. The third-order valence-electron chi connectivity index (χ3n) is 2.40. The molecule has 0 amide bonds. The molecule has 1 N–H and O–H groups in total. The second-order valence-corrected chi connectivity index (χ2v) is 5.76. The Morgan fingerprint density at radius 3 is 2.63 bits per heavy atom. The van der Waals surface area contributed by atoms with Gasteiger partial charge >= 0.3 is 5.97 Å². The molecule has 0 heterocycles. The molecule has 1 rings (SSSR count). The van der Waals surface area contributed by atoms with Crippen LogP contribution in [0, 0.1) is 5.82 Å². The van der Waals surface area contributed by atoms with Crippen molar-refractivity contribution in [2.24, 2.45) is 0 Å². The number of carbonyl (C=O) groups is 1. The van der Waals surface area contributed by atoms with Gasteiger partial charge in [0.2, 0.25) is 0 Å². The zero-order valence-corrected chi connectivity index (χ0v) is 12.3. The second-order valence-electron chi connectivity index (χ2n) is 5.35. The van der Waals surface area contributed by atoms with Crippen LogP contribution in [0.3, 0.4) is 0 Å². The van der Waals surface area contributed by atoms with E-state index in [4.69, 9.17) is 16.3 Å². The first-order chi connectivity index (χ1) is 8.69. The van der Waals surface area contributed by atoms with Crippen molar-refractivity contribution in [2.45, 2.75) is 39.3 Å². The third-order valence-corrected chi connectivity index (χ3v) is 2.73. The third kappa shape index (κ3) is 5.57. The van der Waals surface area contributed by atoms with Crippen LogP contribution in [-0.4, -0.2) is 18.1 Å². The van der Waals surface area contributed by atoms with E-state index in [1.165, 1.54) is 12.1 Å².